The van der Waals surface area contributed by atoms with Gasteiger partial charge in [-0.1, -0.05) is 30.3 Å². The molecular formula is C20H21N3O3. The van der Waals surface area contributed by atoms with Gasteiger partial charge in [-0.3, -0.25) is 14.2 Å². The molecule has 6 nitrogen and oxygen atoms in total. The minimum Gasteiger partial charge on any atom is -0.496 e. The molecule has 0 aliphatic heterocycles. The molecular weight excluding hydrogens is 330 g/mol. The van der Waals surface area contributed by atoms with E-state index in [9.17, 15) is 9.59 Å². The van der Waals surface area contributed by atoms with Crippen molar-refractivity contribution in [3.05, 3.63) is 70.6 Å². The highest BCUT2D eigenvalue weighted by atomic mass is 16.5. The Bertz CT molecular complexity index is 997. The zero-order chi connectivity index (χ0) is 18.7. The third-order valence-corrected chi connectivity index (χ3v) is 4.61. The molecule has 2 aromatic carbocycles. The maximum atomic E-state index is 12.8. The maximum Gasteiger partial charge on any atom is 0.269 e. The molecule has 1 aromatic heterocycles. The fourth-order valence-corrected chi connectivity index (χ4v) is 2.96. The van der Waals surface area contributed by atoms with E-state index in [0.717, 1.165) is 11.3 Å². The number of para-hydroxylation sites is 3. The molecule has 0 radical (unpaired) electrons. The SMILES string of the molecule is COc1ccccc1C(C)N(C)C(=O)Cn1c(=O)cnc2ccccc21. The minimum absolute atomic E-state index is 0.0438. The lowest BCUT2D eigenvalue weighted by molar-refractivity contribution is -0.132. The van der Waals surface area contributed by atoms with Crippen LogP contribution in [0.1, 0.15) is 18.5 Å². The number of aromatic nitrogens is 2. The Morgan fingerprint density at radius 2 is 1.88 bits per heavy atom. The molecule has 134 valence electrons. The summed E-state index contributed by atoms with van der Waals surface area (Å²) in [5.74, 6) is 0.563. The molecule has 0 N–H and O–H groups in total. The number of hydrogen-bond donors (Lipinski definition) is 0. The summed E-state index contributed by atoms with van der Waals surface area (Å²) < 4.78 is 6.84. The van der Waals surface area contributed by atoms with Gasteiger partial charge >= 0.3 is 0 Å². The molecule has 0 aliphatic carbocycles. The lowest BCUT2D eigenvalue weighted by atomic mass is 10.1. The molecule has 1 heterocycles. The molecule has 0 fully saturated rings. The second-order valence-electron chi connectivity index (χ2n) is 6.09. The van der Waals surface area contributed by atoms with E-state index in [1.807, 2.05) is 49.4 Å². The van der Waals surface area contributed by atoms with Gasteiger partial charge in [-0.25, -0.2) is 4.98 Å². The molecule has 26 heavy (non-hydrogen) atoms. The summed E-state index contributed by atoms with van der Waals surface area (Å²) in [6.45, 7) is 1.89. The summed E-state index contributed by atoms with van der Waals surface area (Å²) >= 11 is 0. The van der Waals surface area contributed by atoms with Gasteiger partial charge in [-0.2, -0.15) is 0 Å². The second-order valence-corrected chi connectivity index (χ2v) is 6.09. The molecule has 0 bridgehead atoms. The van der Waals surface area contributed by atoms with Gasteiger partial charge in [-0.15, -0.1) is 0 Å². The van der Waals surface area contributed by atoms with E-state index >= 15 is 0 Å². The van der Waals surface area contributed by atoms with E-state index in [0.29, 0.717) is 11.0 Å². The standard InChI is InChI=1S/C20H21N3O3/c1-14(15-8-4-7-11-18(15)26-3)22(2)20(25)13-23-17-10-6-5-9-16(17)21-12-19(23)24/h4-12,14H,13H2,1-3H3. The highest BCUT2D eigenvalue weighted by Crippen LogP contribution is 2.28. The molecule has 3 rings (SSSR count). The van der Waals surface area contributed by atoms with Crippen molar-refractivity contribution in [1.82, 2.24) is 14.5 Å². The number of fused-ring (bicyclic) bond motifs is 1. The molecule has 0 saturated carbocycles. The summed E-state index contributed by atoms with van der Waals surface area (Å²) in [5.41, 5.74) is 1.94. The Labute approximate surface area is 151 Å². The third-order valence-electron chi connectivity index (χ3n) is 4.61. The molecule has 1 unspecified atom stereocenters. The Morgan fingerprint density at radius 1 is 1.19 bits per heavy atom. The summed E-state index contributed by atoms with van der Waals surface area (Å²) in [4.78, 5) is 30.8. The molecule has 3 aromatic rings. The first-order chi connectivity index (χ1) is 12.5. The smallest absolute Gasteiger partial charge is 0.269 e. The first-order valence-electron chi connectivity index (χ1n) is 8.36. The first-order valence-corrected chi connectivity index (χ1v) is 8.36. The Kier molecular flexibility index (Phi) is 5.02. The number of methoxy groups -OCH3 is 1. The molecule has 6 heteroatoms. The Hall–Kier alpha value is -3.15. The van der Waals surface area contributed by atoms with Crippen LogP contribution in [0.2, 0.25) is 0 Å². The fraction of sp³-hybridized carbons (Fsp3) is 0.250. The second kappa shape index (κ2) is 7.39. The zero-order valence-corrected chi connectivity index (χ0v) is 15.0. The summed E-state index contributed by atoms with van der Waals surface area (Å²) in [7, 11) is 3.34. The fourth-order valence-electron chi connectivity index (χ4n) is 2.96. The Morgan fingerprint density at radius 3 is 2.65 bits per heavy atom. The largest absolute Gasteiger partial charge is 0.496 e. The third kappa shape index (κ3) is 3.31. The van der Waals surface area contributed by atoms with Gasteiger partial charge in [0.15, 0.2) is 0 Å². The van der Waals surface area contributed by atoms with E-state index in [-0.39, 0.29) is 24.1 Å². The van der Waals surface area contributed by atoms with Gasteiger partial charge in [0.25, 0.3) is 5.56 Å². The quantitative estimate of drug-likeness (QED) is 0.709. The number of rotatable bonds is 5. The van der Waals surface area contributed by atoms with Crippen LogP contribution in [0, 0.1) is 0 Å². The van der Waals surface area contributed by atoms with E-state index in [1.165, 1.54) is 10.8 Å². The minimum atomic E-state index is -0.296. The number of nitrogens with zero attached hydrogens (tertiary/aromatic N) is 3. The van der Waals surface area contributed by atoms with E-state index in [4.69, 9.17) is 4.74 Å². The van der Waals surface area contributed by atoms with Gasteiger partial charge in [0, 0.05) is 12.6 Å². The lowest BCUT2D eigenvalue weighted by Gasteiger charge is -2.27. The number of carbonyl (C=O) groups excluding carboxylic acids is 1. The van der Waals surface area contributed by atoms with Crippen molar-refractivity contribution in [2.45, 2.75) is 19.5 Å². The van der Waals surface area contributed by atoms with Crippen LogP contribution in [0.3, 0.4) is 0 Å². The first kappa shape index (κ1) is 17.7. The molecule has 1 amide bonds. The Balaban J connectivity index is 1.89. The number of carbonyl (C=O) groups is 1. The van der Waals surface area contributed by atoms with Gasteiger partial charge in [0.1, 0.15) is 12.3 Å². The van der Waals surface area contributed by atoms with Crippen molar-refractivity contribution in [3.63, 3.8) is 0 Å². The molecule has 0 spiro atoms. The van der Waals surface area contributed by atoms with Gasteiger partial charge in [0.2, 0.25) is 5.91 Å². The van der Waals surface area contributed by atoms with Crippen LogP contribution >= 0.6 is 0 Å². The number of ether oxygens (including phenoxy) is 1. The number of benzene rings is 2. The highest BCUT2D eigenvalue weighted by Gasteiger charge is 2.21. The lowest BCUT2D eigenvalue weighted by Crippen LogP contribution is -2.35. The van der Waals surface area contributed by atoms with Crippen molar-refractivity contribution in [2.24, 2.45) is 0 Å². The average Bonchev–Trinajstić information content (AvgIpc) is 2.68. The molecule has 0 saturated heterocycles. The molecule has 0 aliphatic rings. The van der Waals surface area contributed by atoms with Crippen LogP contribution in [0.5, 0.6) is 5.75 Å². The van der Waals surface area contributed by atoms with Crippen molar-refractivity contribution in [3.8, 4) is 5.75 Å². The van der Waals surface area contributed by atoms with Crippen LogP contribution in [-0.2, 0) is 11.3 Å². The predicted molar refractivity (Wildman–Crippen MR) is 100 cm³/mol. The van der Waals surface area contributed by atoms with Crippen LogP contribution in [0.25, 0.3) is 11.0 Å². The predicted octanol–water partition coefficient (Wildman–Crippen LogP) is 2.62. The average molecular weight is 351 g/mol. The normalized spacial score (nSPS) is 12.0. The van der Waals surface area contributed by atoms with Crippen LogP contribution in [0.15, 0.2) is 59.5 Å². The van der Waals surface area contributed by atoms with E-state index in [2.05, 4.69) is 4.98 Å². The van der Waals surface area contributed by atoms with Crippen LogP contribution in [-0.4, -0.2) is 34.5 Å². The van der Waals surface area contributed by atoms with Gasteiger partial charge < -0.3 is 9.64 Å². The van der Waals surface area contributed by atoms with Gasteiger partial charge in [-0.05, 0) is 25.1 Å². The monoisotopic (exact) mass is 351 g/mol. The van der Waals surface area contributed by atoms with E-state index < -0.39 is 0 Å². The van der Waals surface area contributed by atoms with Crippen molar-refractivity contribution < 1.29 is 9.53 Å². The summed E-state index contributed by atoms with van der Waals surface area (Å²) in [5, 5.41) is 0. The van der Waals surface area contributed by atoms with Gasteiger partial charge in [0.05, 0.1) is 30.4 Å². The van der Waals surface area contributed by atoms with Crippen molar-refractivity contribution >= 4 is 16.9 Å². The van der Waals surface area contributed by atoms with E-state index in [1.54, 1.807) is 25.1 Å². The zero-order valence-electron chi connectivity index (χ0n) is 15.0. The number of amides is 1. The number of likely N-dealkylation sites (N-methyl/N-ethyl adjacent to an activating group) is 1. The van der Waals surface area contributed by atoms with Crippen molar-refractivity contribution in [1.29, 1.82) is 0 Å². The number of hydrogen-bond acceptors (Lipinski definition) is 4. The van der Waals surface area contributed by atoms with Crippen molar-refractivity contribution in [2.75, 3.05) is 14.2 Å². The summed E-state index contributed by atoms with van der Waals surface area (Å²) in [6.07, 6.45) is 1.25. The van der Waals surface area contributed by atoms with Crippen LogP contribution < -0.4 is 10.3 Å². The summed E-state index contributed by atoms with van der Waals surface area (Å²) in [6, 6.07) is 14.7. The maximum absolute atomic E-state index is 12.8. The highest BCUT2D eigenvalue weighted by molar-refractivity contribution is 5.80. The topological polar surface area (TPSA) is 64.4 Å². The molecule has 1 atom stereocenters. The van der Waals surface area contributed by atoms with Crippen LogP contribution in [0.4, 0.5) is 0 Å².